The van der Waals surface area contributed by atoms with Crippen molar-refractivity contribution in [3.05, 3.63) is 75.8 Å². The van der Waals surface area contributed by atoms with Crippen LogP contribution in [-0.2, 0) is 0 Å². The third-order valence-electron chi connectivity index (χ3n) is 4.93. The summed E-state index contributed by atoms with van der Waals surface area (Å²) >= 11 is 3.43. The van der Waals surface area contributed by atoms with E-state index in [1.807, 2.05) is 31.2 Å². The van der Waals surface area contributed by atoms with Crippen molar-refractivity contribution in [1.29, 1.82) is 0 Å². The molecular weight excluding hydrogens is 434 g/mol. The number of hydrogen-bond acceptors (Lipinski definition) is 4. The zero-order valence-corrected chi connectivity index (χ0v) is 17.4. The Bertz CT molecular complexity index is 1150. The second kappa shape index (κ2) is 7.79. The number of nitrogens with zero attached hydrogens (tertiary/aromatic N) is 1. The summed E-state index contributed by atoms with van der Waals surface area (Å²) in [6.07, 6.45) is 1.63. The van der Waals surface area contributed by atoms with Gasteiger partial charge in [0.2, 0.25) is 0 Å². The van der Waals surface area contributed by atoms with Crippen molar-refractivity contribution in [2.75, 3.05) is 6.54 Å². The Balaban J connectivity index is 1.56. The monoisotopic (exact) mass is 451 g/mol. The van der Waals surface area contributed by atoms with Crippen LogP contribution in [0.2, 0.25) is 0 Å². The van der Waals surface area contributed by atoms with Gasteiger partial charge in [-0.1, -0.05) is 41.4 Å². The number of unbranched alkanes of at least 4 members (excludes halogenated alkanes) is 1. The number of amides is 2. The lowest BCUT2D eigenvalue weighted by Gasteiger charge is -2.12. The van der Waals surface area contributed by atoms with Gasteiger partial charge in [0.1, 0.15) is 5.75 Å². The summed E-state index contributed by atoms with van der Waals surface area (Å²) in [7, 11) is 0. The van der Waals surface area contributed by atoms with Gasteiger partial charge in [-0.15, -0.1) is 0 Å². The second-order valence-corrected chi connectivity index (χ2v) is 7.83. The molecule has 0 aromatic heterocycles. The van der Waals surface area contributed by atoms with Crippen LogP contribution < -0.4 is 4.74 Å². The smallest absolute Gasteiger partial charge is 0.343 e. The molecular formula is C23H18BrNO4. The van der Waals surface area contributed by atoms with E-state index in [1.54, 1.807) is 12.1 Å². The fraction of sp³-hybridized carbons (Fsp3) is 0.174. The molecule has 146 valence electrons. The highest BCUT2D eigenvalue weighted by Gasteiger charge is 2.35. The minimum Gasteiger partial charge on any atom is -0.423 e. The molecule has 0 atom stereocenters. The van der Waals surface area contributed by atoms with E-state index in [2.05, 4.69) is 15.9 Å². The van der Waals surface area contributed by atoms with Gasteiger partial charge in [0.15, 0.2) is 0 Å². The molecule has 2 amide bonds. The molecule has 5 nitrogen and oxygen atoms in total. The summed E-state index contributed by atoms with van der Waals surface area (Å²) in [4.78, 5) is 38.8. The standard InChI is InChI=1S/C23H18BrNO4/c1-2-3-10-25-21(26)19-9-6-16(13-20(19)22(25)27)23(28)29-18-8-5-14-11-17(24)7-4-15(14)12-18/h4-9,11-13H,2-3,10H2,1H3. The Morgan fingerprint density at radius 3 is 2.45 bits per heavy atom. The third-order valence-corrected chi connectivity index (χ3v) is 5.42. The molecule has 4 rings (SSSR count). The van der Waals surface area contributed by atoms with Gasteiger partial charge in [0.05, 0.1) is 16.7 Å². The fourth-order valence-corrected chi connectivity index (χ4v) is 3.74. The number of rotatable bonds is 5. The molecule has 0 bridgehead atoms. The lowest BCUT2D eigenvalue weighted by Crippen LogP contribution is -2.30. The van der Waals surface area contributed by atoms with E-state index in [4.69, 9.17) is 4.74 Å². The van der Waals surface area contributed by atoms with E-state index in [-0.39, 0.29) is 22.9 Å². The first kappa shape index (κ1) is 19.3. The maximum absolute atomic E-state index is 12.6. The van der Waals surface area contributed by atoms with E-state index < -0.39 is 5.97 Å². The van der Waals surface area contributed by atoms with Gasteiger partial charge < -0.3 is 4.74 Å². The number of fused-ring (bicyclic) bond motifs is 2. The van der Waals surface area contributed by atoms with Gasteiger partial charge in [-0.2, -0.15) is 0 Å². The molecule has 1 aliphatic rings. The predicted molar refractivity (Wildman–Crippen MR) is 113 cm³/mol. The summed E-state index contributed by atoms with van der Waals surface area (Å²) in [6.45, 7) is 2.38. The van der Waals surface area contributed by atoms with Crippen LogP contribution in [0.5, 0.6) is 5.75 Å². The highest BCUT2D eigenvalue weighted by molar-refractivity contribution is 9.10. The lowest BCUT2D eigenvalue weighted by molar-refractivity contribution is 0.0651. The Hall–Kier alpha value is -2.99. The molecule has 29 heavy (non-hydrogen) atoms. The fourth-order valence-electron chi connectivity index (χ4n) is 3.36. The number of hydrogen-bond donors (Lipinski definition) is 0. The zero-order chi connectivity index (χ0) is 20.5. The van der Waals surface area contributed by atoms with Crippen molar-refractivity contribution in [1.82, 2.24) is 4.90 Å². The van der Waals surface area contributed by atoms with Crippen LogP contribution in [0.15, 0.2) is 59.1 Å². The average Bonchev–Trinajstić information content (AvgIpc) is 2.96. The normalized spacial score (nSPS) is 13.1. The molecule has 0 fully saturated rings. The minimum atomic E-state index is -0.573. The van der Waals surface area contributed by atoms with Gasteiger partial charge in [-0.3, -0.25) is 14.5 Å². The van der Waals surface area contributed by atoms with Crippen molar-refractivity contribution in [2.24, 2.45) is 0 Å². The Labute approximate surface area is 176 Å². The number of imide groups is 1. The second-order valence-electron chi connectivity index (χ2n) is 6.92. The van der Waals surface area contributed by atoms with Crippen molar-refractivity contribution < 1.29 is 19.1 Å². The van der Waals surface area contributed by atoms with Gasteiger partial charge in [0, 0.05) is 11.0 Å². The number of benzene rings is 3. The van der Waals surface area contributed by atoms with Gasteiger partial charge in [-0.05, 0) is 59.7 Å². The van der Waals surface area contributed by atoms with E-state index in [9.17, 15) is 14.4 Å². The molecule has 1 aliphatic heterocycles. The van der Waals surface area contributed by atoms with Crippen LogP contribution in [0.25, 0.3) is 10.8 Å². The molecule has 1 heterocycles. The SMILES string of the molecule is CCCCN1C(=O)c2ccc(C(=O)Oc3ccc4cc(Br)ccc4c3)cc2C1=O. The molecule has 0 radical (unpaired) electrons. The topological polar surface area (TPSA) is 63.7 Å². The molecule has 0 saturated carbocycles. The molecule has 0 N–H and O–H groups in total. The number of halogens is 1. The van der Waals surface area contributed by atoms with Crippen LogP contribution in [-0.4, -0.2) is 29.2 Å². The van der Waals surface area contributed by atoms with Crippen LogP contribution in [0.1, 0.15) is 50.8 Å². The first-order valence-electron chi connectivity index (χ1n) is 9.39. The van der Waals surface area contributed by atoms with Crippen molar-refractivity contribution in [3.8, 4) is 5.75 Å². The van der Waals surface area contributed by atoms with Crippen LogP contribution in [0, 0.1) is 0 Å². The average molecular weight is 452 g/mol. The molecule has 0 unspecified atom stereocenters. The first-order valence-corrected chi connectivity index (χ1v) is 10.2. The van der Waals surface area contributed by atoms with E-state index >= 15 is 0 Å². The Kier molecular flexibility index (Phi) is 5.20. The minimum absolute atomic E-state index is 0.234. The molecule has 0 saturated heterocycles. The summed E-state index contributed by atoms with van der Waals surface area (Å²) < 4.78 is 6.46. The number of carbonyl (C=O) groups is 3. The molecule has 0 aliphatic carbocycles. The highest BCUT2D eigenvalue weighted by atomic mass is 79.9. The molecule has 0 spiro atoms. The quantitative estimate of drug-likeness (QED) is 0.303. The Morgan fingerprint density at radius 1 is 0.931 bits per heavy atom. The van der Waals surface area contributed by atoms with Gasteiger partial charge in [-0.25, -0.2) is 4.79 Å². The maximum Gasteiger partial charge on any atom is 0.343 e. The summed E-state index contributed by atoms with van der Waals surface area (Å²) in [5.74, 6) is -0.822. The molecule has 3 aromatic carbocycles. The van der Waals surface area contributed by atoms with Gasteiger partial charge >= 0.3 is 5.97 Å². The zero-order valence-electron chi connectivity index (χ0n) is 15.8. The maximum atomic E-state index is 12.6. The Morgan fingerprint density at radius 2 is 1.66 bits per heavy atom. The molecule has 6 heteroatoms. The number of ether oxygens (including phenoxy) is 1. The van der Waals surface area contributed by atoms with Crippen molar-refractivity contribution >= 4 is 44.5 Å². The summed E-state index contributed by atoms with van der Waals surface area (Å²) in [5, 5.41) is 1.97. The number of carbonyl (C=O) groups excluding carboxylic acids is 3. The van der Waals surface area contributed by atoms with Crippen molar-refractivity contribution in [2.45, 2.75) is 19.8 Å². The lowest BCUT2D eigenvalue weighted by atomic mass is 10.1. The summed E-state index contributed by atoms with van der Waals surface area (Å²) in [5.41, 5.74) is 0.820. The van der Waals surface area contributed by atoms with E-state index in [0.717, 1.165) is 28.1 Å². The predicted octanol–water partition coefficient (Wildman–Crippen LogP) is 5.22. The van der Waals surface area contributed by atoms with Crippen LogP contribution in [0.4, 0.5) is 0 Å². The highest BCUT2D eigenvalue weighted by Crippen LogP contribution is 2.27. The molecule has 3 aromatic rings. The van der Waals surface area contributed by atoms with Crippen LogP contribution in [0.3, 0.4) is 0 Å². The first-order chi connectivity index (χ1) is 14.0. The number of esters is 1. The van der Waals surface area contributed by atoms with Crippen molar-refractivity contribution in [3.63, 3.8) is 0 Å². The largest absolute Gasteiger partial charge is 0.423 e. The summed E-state index contributed by atoms with van der Waals surface area (Å²) in [6, 6.07) is 15.7. The van der Waals surface area contributed by atoms with Crippen LogP contribution >= 0.6 is 15.9 Å². The van der Waals surface area contributed by atoms with Gasteiger partial charge in [0.25, 0.3) is 11.8 Å². The third kappa shape index (κ3) is 3.68. The van der Waals surface area contributed by atoms with E-state index in [0.29, 0.717) is 17.9 Å². The van der Waals surface area contributed by atoms with E-state index in [1.165, 1.54) is 23.1 Å².